The van der Waals surface area contributed by atoms with Crippen LogP contribution >= 0.6 is 0 Å². The van der Waals surface area contributed by atoms with Gasteiger partial charge in [-0.15, -0.1) is 0 Å². The average Bonchev–Trinajstić information content (AvgIpc) is 3.53. The summed E-state index contributed by atoms with van der Waals surface area (Å²) in [5.74, 6) is 0.242. The molecular weight excluding hydrogens is 675 g/mol. The number of carbonyl (C=O) groups excluding carboxylic acids is 3. The van der Waals surface area contributed by atoms with Crippen LogP contribution in [0, 0.1) is 5.92 Å². The quantitative estimate of drug-likeness (QED) is 0.149. The molecule has 0 saturated carbocycles. The Morgan fingerprint density at radius 2 is 1.37 bits per heavy atom. The maximum Gasteiger partial charge on any atom is 0.255 e. The number of amides is 3. The van der Waals surface area contributed by atoms with Gasteiger partial charge < -0.3 is 19.8 Å². The lowest BCUT2D eigenvalue weighted by atomic mass is 9.90. The molecule has 4 aliphatic heterocycles. The molecule has 3 amide bonds. The zero-order chi connectivity index (χ0) is 37.2. The zero-order valence-corrected chi connectivity index (χ0v) is 31.0. The van der Waals surface area contributed by atoms with Crippen molar-refractivity contribution >= 4 is 40.2 Å². The maximum absolute atomic E-state index is 13.1. The normalized spacial score (nSPS) is 20.2. The third-order valence-electron chi connectivity index (χ3n) is 12.0. The van der Waals surface area contributed by atoms with E-state index in [-0.39, 0.29) is 29.9 Å². The topological polar surface area (TPSA) is 96.4 Å². The van der Waals surface area contributed by atoms with Gasteiger partial charge in [0.25, 0.3) is 5.91 Å². The second kappa shape index (κ2) is 15.5. The van der Waals surface area contributed by atoms with E-state index < -0.39 is 6.04 Å². The number of rotatable bonds is 9. The van der Waals surface area contributed by atoms with E-state index >= 15 is 0 Å². The molecule has 3 fully saturated rings. The number of imide groups is 1. The van der Waals surface area contributed by atoms with E-state index in [0.717, 1.165) is 68.5 Å². The second-order valence-corrected chi connectivity index (χ2v) is 15.2. The first-order valence-electron chi connectivity index (χ1n) is 19.5. The van der Waals surface area contributed by atoms with Crippen molar-refractivity contribution in [3.8, 4) is 5.75 Å². The van der Waals surface area contributed by atoms with Crippen LogP contribution in [0.4, 0.5) is 11.4 Å². The maximum atomic E-state index is 13.1. The Kier molecular flexibility index (Phi) is 10.2. The predicted octanol–water partition coefficient (Wildman–Crippen LogP) is 6.56. The Bertz CT molecular complexity index is 2030. The van der Waals surface area contributed by atoms with Crippen molar-refractivity contribution in [3.05, 3.63) is 125 Å². The Morgan fingerprint density at radius 1 is 0.722 bits per heavy atom. The van der Waals surface area contributed by atoms with E-state index in [1.165, 1.54) is 47.2 Å². The first kappa shape index (κ1) is 35.6. The lowest BCUT2D eigenvalue weighted by molar-refractivity contribution is -0.136. The molecule has 54 heavy (non-hydrogen) atoms. The number of hydrogen-bond donors (Lipinski definition) is 2. The van der Waals surface area contributed by atoms with Gasteiger partial charge in [-0.25, -0.2) is 0 Å². The summed E-state index contributed by atoms with van der Waals surface area (Å²) in [4.78, 5) is 46.3. The number of carbonyl (C=O) groups is 3. The molecule has 0 aromatic heterocycles. The van der Waals surface area contributed by atoms with Gasteiger partial charge in [-0.3, -0.25) is 24.6 Å². The highest BCUT2D eigenvalue weighted by molar-refractivity contribution is 6.05. The molecule has 0 radical (unpaired) electrons. The fourth-order valence-electron chi connectivity index (χ4n) is 8.73. The molecule has 0 bridgehead atoms. The molecular formula is C45H49N5O4. The minimum absolute atomic E-state index is 0.123. The van der Waals surface area contributed by atoms with Crippen LogP contribution < -0.4 is 15.1 Å². The Labute approximate surface area is 317 Å². The van der Waals surface area contributed by atoms with Gasteiger partial charge in [0.15, 0.2) is 0 Å². The lowest BCUT2D eigenvalue weighted by Crippen LogP contribution is -2.52. The number of allylic oxidation sites excluding steroid dienone is 1. The minimum atomic E-state index is -0.586. The minimum Gasteiger partial charge on any atom is -0.508 e. The number of nitrogens with one attached hydrogen (secondary N) is 1. The molecule has 0 unspecified atom stereocenters. The number of piperazine rings is 1. The molecule has 1 atom stereocenters. The van der Waals surface area contributed by atoms with Gasteiger partial charge in [0.1, 0.15) is 11.8 Å². The van der Waals surface area contributed by atoms with Gasteiger partial charge in [0, 0.05) is 69.2 Å². The molecule has 4 aromatic rings. The molecule has 4 aliphatic rings. The van der Waals surface area contributed by atoms with Gasteiger partial charge in [-0.05, 0) is 121 Å². The summed E-state index contributed by atoms with van der Waals surface area (Å²) in [6, 6.07) is 32.5. The second-order valence-electron chi connectivity index (χ2n) is 15.2. The van der Waals surface area contributed by atoms with Crippen molar-refractivity contribution in [1.29, 1.82) is 0 Å². The van der Waals surface area contributed by atoms with Gasteiger partial charge in [0.05, 0.1) is 0 Å². The van der Waals surface area contributed by atoms with E-state index in [1.807, 2.05) is 30.3 Å². The van der Waals surface area contributed by atoms with Crippen LogP contribution in [0.15, 0.2) is 97.1 Å². The summed E-state index contributed by atoms with van der Waals surface area (Å²) >= 11 is 0. The van der Waals surface area contributed by atoms with Crippen molar-refractivity contribution in [2.75, 3.05) is 55.6 Å². The first-order valence-corrected chi connectivity index (χ1v) is 19.5. The standard InChI is InChI=1S/C45H49N5O4/c1-31(33-5-3-2-4-6-33)43(35-9-14-39(51)15-10-35)34-7-11-37(12-8-34)48-23-20-32(21-24-48)19-22-47-25-27-49(28-26-47)38-13-16-40-36(29-38)30-50(45(40)54)41-17-18-42(52)46-44(41)53/h2-16,29,32,41,51H,17-28,30H2,1H3,(H,46,52,53)/b43-31+/t41-/m0/s1. The van der Waals surface area contributed by atoms with E-state index in [0.29, 0.717) is 18.5 Å². The molecule has 0 aliphatic carbocycles. The third kappa shape index (κ3) is 7.51. The van der Waals surface area contributed by atoms with Crippen molar-refractivity contribution in [2.24, 2.45) is 5.92 Å². The number of nitrogens with zero attached hydrogens (tertiary/aromatic N) is 4. The first-order chi connectivity index (χ1) is 26.3. The van der Waals surface area contributed by atoms with Gasteiger partial charge in [-0.2, -0.15) is 0 Å². The highest BCUT2D eigenvalue weighted by Crippen LogP contribution is 2.35. The van der Waals surface area contributed by atoms with Crippen molar-refractivity contribution in [2.45, 2.75) is 51.6 Å². The number of benzene rings is 4. The number of piperidine rings is 2. The van der Waals surface area contributed by atoms with E-state index in [4.69, 9.17) is 0 Å². The number of phenols is 1. The molecule has 0 spiro atoms. The largest absolute Gasteiger partial charge is 0.508 e. The van der Waals surface area contributed by atoms with Crippen LogP contribution in [0.1, 0.15) is 71.6 Å². The fourth-order valence-corrected chi connectivity index (χ4v) is 8.73. The summed E-state index contributed by atoms with van der Waals surface area (Å²) in [6.07, 6.45) is 4.28. The Morgan fingerprint density at radius 3 is 2.06 bits per heavy atom. The summed E-state index contributed by atoms with van der Waals surface area (Å²) in [7, 11) is 0. The summed E-state index contributed by atoms with van der Waals surface area (Å²) in [6.45, 7) is 9.80. The predicted molar refractivity (Wildman–Crippen MR) is 213 cm³/mol. The van der Waals surface area contributed by atoms with Crippen LogP contribution in [-0.2, 0) is 16.1 Å². The van der Waals surface area contributed by atoms with E-state index in [9.17, 15) is 19.5 Å². The van der Waals surface area contributed by atoms with Gasteiger partial charge >= 0.3 is 0 Å². The highest BCUT2D eigenvalue weighted by Gasteiger charge is 2.39. The van der Waals surface area contributed by atoms with Crippen LogP contribution in [0.2, 0.25) is 0 Å². The smallest absolute Gasteiger partial charge is 0.255 e. The van der Waals surface area contributed by atoms with Gasteiger partial charge in [0.2, 0.25) is 11.8 Å². The van der Waals surface area contributed by atoms with Crippen molar-refractivity contribution < 1.29 is 19.5 Å². The average molecular weight is 724 g/mol. The Balaban J connectivity index is 0.816. The van der Waals surface area contributed by atoms with Crippen LogP contribution in [0.5, 0.6) is 5.75 Å². The third-order valence-corrected chi connectivity index (χ3v) is 12.0. The summed E-state index contributed by atoms with van der Waals surface area (Å²) < 4.78 is 0. The lowest BCUT2D eigenvalue weighted by Gasteiger charge is -2.38. The van der Waals surface area contributed by atoms with E-state index in [2.05, 4.69) is 81.5 Å². The van der Waals surface area contributed by atoms with Crippen molar-refractivity contribution in [3.63, 3.8) is 0 Å². The fraction of sp³-hybridized carbons (Fsp3) is 0.356. The highest BCUT2D eigenvalue weighted by atomic mass is 16.3. The molecule has 4 aromatic carbocycles. The molecule has 278 valence electrons. The van der Waals surface area contributed by atoms with Gasteiger partial charge in [-0.1, -0.05) is 54.6 Å². The molecule has 3 saturated heterocycles. The zero-order valence-electron chi connectivity index (χ0n) is 31.0. The molecule has 8 rings (SSSR count). The SMILES string of the molecule is C/C(=C(\c1ccc(O)cc1)c1ccc(N2CCC(CCN3CCN(c4ccc5c(c4)CN([C@H]4CCC(=O)NC4=O)C5=O)CC3)CC2)cc1)c1ccccc1. The molecule has 4 heterocycles. The Hall–Kier alpha value is -5.41. The number of aromatic hydroxyl groups is 1. The summed E-state index contributed by atoms with van der Waals surface area (Å²) in [5.41, 5.74) is 9.85. The molecule has 2 N–H and O–H groups in total. The molecule has 9 nitrogen and oxygen atoms in total. The number of phenolic OH excluding ortho intramolecular Hbond substituents is 1. The van der Waals surface area contributed by atoms with Crippen molar-refractivity contribution in [1.82, 2.24) is 15.1 Å². The number of anilines is 2. The monoisotopic (exact) mass is 723 g/mol. The number of fused-ring (bicyclic) bond motifs is 1. The van der Waals surface area contributed by atoms with E-state index in [1.54, 1.807) is 17.0 Å². The number of hydrogen-bond acceptors (Lipinski definition) is 7. The van der Waals surface area contributed by atoms with Crippen LogP contribution in [-0.4, -0.2) is 84.5 Å². The summed E-state index contributed by atoms with van der Waals surface area (Å²) in [5, 5.41) is 12.3. The van der Waals surface area contributed by atoms with Crippen LogP contribution in [0.25, 0.3) is 11.1 Å². The van der Waals surface area contributed by atoms with Crippen LogP contribution in [0.3, 0.4) is 0 Å². The molecule has 9 heteroatoms.